The van der Waals surface area contributed by atoms with E-state index in [9.17, 15) is 14.4 Å². The lowest BCUT2D eigenvalue weighted by molar-refractivity contribution is -0.113. The summed E-state index contributed by atoms with van der Waals surface area (Å²) in [6.07, 6.45) is 0. The van der Waals surface area contributed by atoms with Crippen LogP contribution in [0.5, 0.6) is 0 Å². The van der Waals surface area contributed by atoms with Crippen LogP contribution in [-0.4, -0.2) is 16.4 Å². The Balaban J connectivity index is 1.57. The highest BCUT2D eigenvalue weighted by atomic mass is 35.5. The molecule has 36 heavy (non-hydrogen) atoms. The second kappa shape index (κ2) is 8.70. The van der Waals surface area contributed by atoms with Gasteiger partial charge in [-0.3, -0.25) is 19.0 Å². The van der Waals surface area contributed by atoms with Gasteiger partial charge in [-0.15, -0.1) is 11.3 Å². The first-order valence-corrected chi connectivity index (χ1v) is 13.1. The summed E-state index contributed by atoms with van der Waals surface area (Å²) in [6.45, 7) is 1.76. The summed E-state index contributed by atoms with van der Waals surface area (Å²) in [7, 11) is 0. The van der Waals surface area contributed by atoms with Crippen molar-refractivity contribution in [1.82, 2.24) is 4.57 Å². The topological polar surface area (TPSA) is 92.6 Å². The fourth-order valence-corrected chi connectivity index (χ4v) is 6.60. The average molecular weight is 533 g/mol. The molecule has 0 bridgehead atoms. The van der Waals surface area contributed by atoms with E-state index in [2.05, 4.69) is 15.6 Å². The molecule has 2 aromatic carbocycles. The SMILES string of the molecule is CC1=C(C(=O)Nc2ccccc2)[C@H](c2cccs2)n2c(s/c(=C3\C(=O)Nc4ccc(Cl)cc43)c2=O)=N1. The van der Waals surface area contributed by atoms with E-state index in [1.165, 1.54) is 15.9 Å². The Morgan fingerprint density at radius 2 is 1.92 bits per heavy atom. The lowest BCUT2D eigenvalue weighted by atomic mass is 10.0. The summed E-state index contributed by atoms with van der Waals surface area (Å²) >= 11 is 8.78. The first-order valence-electron chi connectivity index (χ1n) is 11.0. The largest absolute Gasteiger partial charge is 0.322 e. The van der Waals surface area contributed by atoms with Crippen LogP contribution < -0.4 is 25.5 Å². The molecule has 2 amide bonds. The number of fused-ring (bicyclic) bond motifs is 2. The highest BCUT2D eigenvalue weighted by Gasteiger charge is 2.35. The zero-order valence-corrected chi connectivity index (χ0v) is 21.1. The number of benzene rings is 2. The molecule has 0 saturated carbocycles. The van der Waals surface area contributed by atoms with Gasteiger partial charge in [-0.25, -0.2) is 4.99 Å². The first-order chi connectivity index (χ1) is 17.4. The zero-order chi connectivity index (χ0) is 25.0. The van der Waals surface area contributed by atoms with Gasteiger partial charge < -0.3 is 10.6 Å². The molecule has 2 N–H and O–H groups in total. The number of amides is 2. The third kappa shape index (κ3) is 3.63. The predicted molar refractivity (Wildman–Crippen MR) is 142 cm³/mol. The van der Waals surface area contributed by atoms with E-state index in [1.54, 1.807) is 37.3 Å². The minimum absolute atomic E-state index is 0.256. The van der Waals surface area contributed by atoms with Gasteiger partial charge in [0.1, 0.15) is 10.6 Å². The summed E-state index contributed by atoms with van der Waals surface area (Å²) in [5.41, 5.74) is 2.58. The first kappa shape index (κ1) is 22.7. The summed E-state index contributed by atoms with van der Waals surface area (Å²) in [6, 6.07) is 17.3. The molecule has 2 aliphatic rings. The molecule has 0 saturated heterocycles. The molecule has 10 heteroatoms. The smallest absolute Gasteiger partial charge is 0.272 e. The van der Waals surface area contributed by atoms with Crippen molar-refractivity contribution < 1.29 is 9.59 Å². The van der Waals surface area contributed by atoms with Gasteiger partial charge in [0.2, 0.25) is 0 Å². The number of aromatic nitrogens is 1. The molecule has 6 rings (SSSR count). The third-order valence-corrected chi connectivity index (χ3v) is 8.25. The number of carbonyl (C=O) groups excluding carboxylic acids is 2. The number of thiazole rings is 1. The number of allylic oxidation sites excluding steroid dienone is 1. The number of carbonyl (C=O) groups is 2. The summed E-state index contributed by atoms with van der Waals surface area (Å²) in [5.74, 6) is -0.711. The number of rotatable bonds is 3. The van der Waals surface area contributed by atoms with Crippen molar-refractivity contribution >= 4 is 63.0 Å². The second-order valence-electron chi connectivity index (χ2n) is 8.26. The fourth-order valence-electron chi connectivity index (χ4n) is 4.46. The van der Waals surface area contributed by atoms with Gasteiger partial charge in [0, 0.05) is 26.8 Å². The predicted octanol–water partition coefficient (Wildman–Crippen LogP) is 3.91. The quantitative estimate of drug-likeness (QED) is 0.419. The van der Waals surface area contributed by atoms with Crippen LogP contribution in [0.15, 0.2) is 87.1 Å². The van der Waals surface area contributed by atoms with E-state index in [1.807, 2.05) is 35.7 Å². The normalized spacial score (nSPS) is 17.8. The van der Waals surface area contributed by atoms with Gasteiger partial charge in [0.05, 0.1) is 16.8 Å². The molecular formula is C26H17ClN4O3S2. The van der Waals surface area contributed by atoms with Crippen molar-refractivity contribution in [2.45, 2.75) is 13.0 Å². The Morgan fingerprint density at radius 3 is 2.67 bits per heavy atom. The van der Waals surface area contributed by atoms with Crippen LogP contribution >= 0.6 is 34.3 Å². The van der Waals surface area contributed by atoms with Crippen LogP contribution in [0.3, 0.4) is 0 Å². The van der Waals surface area contributed by atoms with Crippen molar-refractivity contribution in [2.75, 3.05) is 10.6 Å². The molecule has 4 heterocycles. The fraction of sp³-hybridized carbons (Fsp3) is 0.0769. The van der Waals surface area contributed by atoms with Crippen LogP contribution in [0.1, 0.15) is 23.4 Å². The molecule has 7 nitrogen and oxygen atoms in total. The maximum atomic E-state index is 13.9. The minimum Gasteiger partial charge on any atom is -0.322 e. The molecule has 0 fully saturated rings. The number of thiophene rings is 1. The van der Waals surface area contributed by atoms with Crippen LogP contribution in [0, 0.1) is 0 Å². The van der Waals surface area contributed by atoms with Gasteiger partial charge in [-0.05, 0) is 48.7 Å². The van der Waals surface area contributed by atoms with Crippen molar-refractivity contribution in [2.24, 2.45) is 4.99 Å². The van der Waals surface area contributed by atoms with Crippen LogP contribution in [0.2, 0.25) is 5.02 Å². The number of para-hydroxylation sites is 1. The highest BCUT2D eigenvalue weighted by Crippen LogP contribution is 2.34. The van der Waals surface area contributed by atoms with E-state index in [-0.39, 0.29) is 27.5 Å². The van der Waals surface area contributed by atoms with E-state index < -0.39 is 6.04 Å². The maximum absolute atomic E-state index is 13.9. The van der Waals surface area contributed by atoms with E-state index >= 15 is 0 Å². The Kier molecular flexibility index (Phi) is 5.48. The van der Waals surface area contributed by atoms with Gasteiger partial charge in [0.15, 0.2) is 4.80 Å². The van der Waals surface area contributed by atoms with Gasteiger partial charge in [0.25, 0.3) is 17.4 Å². The van der Waals surface area contributed by atoms with Crippen molar-refractivity contribution in [3.05, 3.63) is 112 Å². The number of nitrogens with one attached hydrogen (secondary N) is 2. The Morgan fingerprint density at radius 1 is 1.11 bits per heavy atom. The highest BCUT2D eigenvalue weighted by molar-refractivity contribution is 7.10. The second-order valence-corrected chi connectivity index (χ2v) is 10.7. The molecular weight excluding hydrogens is 516 g/mol. The van der Waals surface area contributed by atoms with Crippen LogP contribution in [0.4, 0.5) is 11.4 Å². The lowest BCUT2D eigenvalue weighted by Gasteiger charge is -2.24. The minimum atomic E-state index is -0.678. The summed E-state index contributed by atoms with van der Waals surface area (Å²) in [4.78, 5) is 46.2. The maximum Gasteiger partial charge on any atom is 0.272 e. The van der Waals surface area contributed by atoms with E-state index in [0.29, 0.717) is 38.0 Å². The van der Waals surface area contributed by atoms with Crippen molar-refractivity contribution in [3.63, 3.8) is 0 Å². The zero-order valence-electron chi connectivity index (χ0n) is 18.7. The summed E-state index contributed by atoms with van der Waals surface area (Å²) < 4.78 is 1.77. The molecule has 0 unspecified atom stereocenters. The number of hydrogen-bond acceptors (Lipinski definition) is 6. The number of halogens is 1. The molecule has 0 radical (unpaired) electrons. The van der Waals surface area contributed by atoms with E-state index in [4.69, 9.17) is 11.6 Å². The lowest BCUT2D eigenvalue weighted by Crippen LogP contribution is -2.41. The Hall–Kier alpha value is -3.79. The Labute approximate surface area is 217 Å². The number of nitrogens with zero attached hydrogens (tertiary/aromatic N) is 2. The van der Waals surface area contributed by atoms with Crippen LogP contribution in [0.25, 0.3) is 5.57 Å². The monoisotopic (exact) mass is 532 g/mol. The van der Waals surface area contributed by atoms with E-state index in [0.717, 1.165) is 16.2 Å². The third-order valence-electron chi connectivity index (χ3n) is 6.04. The van der Waals surface area contributed by atoms with Gasteiger partial charge in [-0.1, -0.05) is 47.2 Å². The standard InChI is InChI=1S/C26H17ClN4O3S2/c1-13-19(23(32)29-15-6-3-2-4-7-15)21(18-8-5-11-35-18)31-25(34)22(36-26(31)28-13)20-16-12-14(27)9-10-17(16)30-24(20)33/h2-12,21H,1H3,(H,29,32)(H,30,33)/b22-20-/t21-/m0/s1. The number of hydrogen-bond donors (Lipinski definition) is 2. The number of anilines is 2. The molecule has 4 aromatic rings. The average Bonchev–Trinajstić information content (AvgIpc) is 3.57. The van der Waals surface area contributed by atoms with Crippen molar-refractivity contribution in [1.29, 1.82) is 0 Å². The summed E-state index contributed by atoms with van der Waals surface area (Å²) in [5, 5.41) is 8.09. The molecule has 1 atom stereocenters. The molecule has 2 aromatic heterocycles. The molecule has 2 aliphatic heterocycles. The molecule has 0 aliphatic carbocycles. The van der Waals surface area contributed by atoms with Crippen molar-refractivity contribution in [3.8, 4) is 0 Å². The Bertz CT molecular complexity index is 1770. The van der Waals surface area contributed by atoms with Gasteiger partial charge in [-0.2, -0.15) is 0 Å². The molecule has 0 spiro atoms. The van der Waals surface area contributed by atoms with Gasteiger partial charge >= 0.3 is 0 Å². The molecule has 178 valence electrons. The van der Waals surface area contributed by atoms with Crippen LogP contribution in [-0.2, 0) is 9.59 Å².